The molecular formula is C24H27N3O6. The van der Waals surface area contributed by atoms with Crippen LogP contribution < -0.4 is 15.4 Å². The third-order valence-corrected chi connectivity index (χ3v) is 5.98. The average Bonchev–Trinajstić information content (AvgIpc) is 2.78. The van der Waals surface area contributed by atoms with Gasteiger partial charge in [0.15, 0.2) is 0 Å². The van der Waals surface area contributed by atoms with Crippen LogP contribution in [0.1, 0.15) is 35.2 Å². The zero-order chi connectivity index (χ0) is 23.5. The van der Waals surface area contributed by atoms with Gasteiger partial charge in [0.25, 0.3) is 5.91 Å². The van der Waals surface area contributed by atoms with Crippen molar-refractivity contribution in [2.75, 3.05) is 24.3 Å². The first-order valence-electron chi connectivity index (χ1n) is 10.9. The number of benzene rings is 2. The smallest absolute Gasteiger partial charge is 0.323 e. The lowest BCUT2D eigenvalue weighted by atomic mass is 9.94. The highest BCUT2D eigenvalue weighted by Crippen LogP contribution is 2.32. The van der Waals surface area contributed by atoms with Gasteiger partial charge in [0.1, 0.15) is 18.5 Å². The molecule has 9 nitrogen and oxygen atoms in total. The Balaban J connectivity index is 1.48. The quantitative estimate of drug-likeness (QED) is 0.652. The maximum atomic E-state index is 13.2. The summed E-state index contributed by atoms with van der Waals surface area (Å²) in [5.41, 5.74) is 2.56. The van der Waals surface area contributed by atoms with Gasteiger partial charge in [0.05, 0.1) is 24.1 Å². The Kier molecular flexibility index (Phi) is 6.50. The molecule has 1 saturated heterocycles. The molecule has 0 saturated carbocycles. The maximum absolute atomic E-state index is 13.2. The van der Waals surface area contributed by atoms with E-state index >= 15 is 0 Å². The third kappa shape index (κ3) is 5.25. The Hall–Kier alpha value is -3.59. The summed E-state index contributed by atoms with van der Waals surface area (Å²) in [6.45, 7) is 2.17. The minimum Gasteiger partial charge on any atom is -0.490 e. The van der Waals surface area contributed by atoms with Gasteiger partial charge < -0.3 is 30.1 Å². The van der Waals surface area contributed by atoms with Crippen LogP contribution in [0.5, 0.6) is 5.75 Å². The molecule has 0 bridgehead atoms. The number of carbonyl (C=O) groups excluding carboxylic acids is 2. The van der Waals surface area contributed by atoms with Crippen LogP contribution in [0.4, 0.5) is 16.2 Å². The number of carbonyl (C=O) groups is 3. The van der Waals surface area contributed by atoms with E-state index in [1.54, 1.807) is 30.1 Å². The van der Waals surface area contributed by atoms with Gasteiger partial charge in [-0.3, -0.25) is 9.59 Å². The summed E-state index contributed by atoms with van der Waals surface area (Å²) < 4.78 is 11.8. The number of hydrogen-bond acceptors (Lipinski definition) is 5. The van der Waals surface area contributed by atoms with Gasteiger partial charge in [-0.05, 0) is 50.1 Å². The van der Waals surface area contributed by atoms with Crippen molar-refractivity contribution in [1.82, 2.24) is 4.90 Å². The molecular weight excluding hydrogens is 426 g/mol. The number of carboxylic acids is 1. The molecule has 174 valence electrons. The summed E-state index contributed by atoms with van der Waals surface area (Å²) in [5.74, 6) is -0.771. The number of amides is 3. The summed E-state index contributed by atoms with van der Waals surface area (Å²) in [6, 6.07) is 11.7. The Morgan fingerprint density at radius 1 is 1.09 bits per heavy atom. The molecule has 0 aromatic heterocycles. The van der Waals surface area contributed by atoms with E-state index in [-0.39, 0.29) is 25.0 Å². The van der Waals surface area contributed by atoms with Crippen molar-refractivity contribution >= 4 is 29.3 Å². The minimum absolute atomic E-state index is 0.0723. The molecule has 0 aliphatic carbocycles. The van der Waals surface area contributed by atoms with Crippen LogP contribution in [-0.2, 0) is 9.53 Å². The fourth-order valence-corrected chi connectivity index (χ4v) is 4.23. The lowest BCUT2D eigenvalue weighted by molar-refractivity contribution is -0.148. The highest BCUT2D eigenvalue weighted by Gasteiger charge is 2.39. The zero-order valence-corrected chi connectivity index (χ0v) is 18.5. The van der Waals surface area contributed by atoms with Gasteiger partial charge in [-0.25, -0.2) is 4.79 Å². The Morgan fingerprint density at radius 3 is 2.52 bits per heavy atom. The highest BCUT2D eigenvalue weighted by molar-refractivity contribution is 6.02. The number of likely N-dealkylation sites (N-methyl/N-ethyl adjacent to an activating group) is 1. The van der Waals surface area contributed by atoms with Gasteiger partial charge in [0, 0.05) is 18.4 Å². The van der Waals surface area contributed by atoms with Crippen molar-refractivity contribution in [2.45, 2.75) is 44.4 Å². The molecule has 33 heavy (non-hydrogen) atoms. The van der Waals surface area contributed by atoms with Crippen molar-refractivity contribution in [3.63, 3.8) is 0 Å². The van der Waals surface area contributed by atoms with Crippen LogP contribution in [0.2, 0.25) is 0 Å². The molecule has 0 spiro atoms. The fraction of sp³-hybridized carbons (Fsp3) is 0.375. The van der Waals surface area contributed by atoms with Crippen molar-refractivity contribution in [3.8, 4) is 5.75 Å². The zero-order valence-electron chi connectivity index (χ0n) is 18.5. The van der Waals surface area contributed by atoms with Crippen LogP contribution in [0, 0.1) is 6.92 Å². The second-order valence-corrected chi connectivity index (χ2v) is 8.42. The standard InChI is InChI=1S/C24H27N3O6/c1-14-3-5-15(6-4-14)25-24(31)26-16-7-10-20-18(11-16)23(30)27(2)19-9-8-17(12-22(28)29)33-21(19)13-32-20/h3-7,10-11,17,19,21H,8-9,12-13H2,1-2H3,(H,28,29)(H2,25,26,31)/t17-,19+,21+/m0/s1. The summed E-state index contributed by atoms with van der Waals surface area (Å²) in [6.07, 6.45) is 0.299. The van der Waals surface area contributed by atoms with E-state index < -0.39 is 24.2 Å². The van der Waals surface area contributed by atoms with Crippen molar-refractivity contribution in [3.05, 3.63) is 53.6 Å². The third-order valence-electron chi connectivity index (χ3n) is 5.98. The molecule has 2 aliphatic heterocycles. The number of nitrogens with zero attached hydrogens (tertiary/aromatic N) is 1. The van der Waals surface area contributed by atoms with Crippen molar-refractivity contribution < 1.29 is 29.0 Å². The van der Waals surface area contributed by atoms with Gasteiger partial charge >= 0.3 is 12.0 Å². The molecule has 0 unspecified atom stereocenters. The number of nitrogens with one attached hydrogen (secondary N) is 2. The fourth-order valence-electron chi connectivity index (χ4n) is 4.23. The van der Waals surface area contributed by atoms with E-state index in [9.17, 15) is 14.4 Å². The molecule has 2 aromatic carbocycles. The first kappa shape index (κ1) is 22.6. The number of carboxylic acid groups (broad SMARTS) is 1. The van der Waals surface area contributed by atoms with Crippen molar-refractivity contribution in [1.29, 1.82) is 0 Å². The molecule has 2 aliphatic rings. The molecule has 3 N–H and O–H groups in total. The largest absolute Gasteiger partial charge is 0.490 e. The predicted molar refractivity (Wildman–Crippen MR) is 122 cm³/mol. The van der Waals surface area contributed by atoms with Crippen molar-refractivity contribution in [2.24, 2.45) is 0 Å². The van der Waals surface area contributed by atoms with E-state index in [2.05, 4.69) is 10.6 Å². The number of aryl methyl sites for hydroxylation is 1. The van der Waals surface area contributed by atoms with E-state index in [1.165, 1.54) is 0 Å². The van der Waals surface area contributed by atoms with Crippen LogP contribution in [0.15, 0.2) is 42.5 Å². The van der Waals surface area contributed by atoms with Crippen LogP contribution in [0.3, 0.4) is 0 Å². The molecule has 9 heteroatoms. The lowest BCUT2D eigenvalue weighted by Gasteiger charge is -2.42. The maximum Gasteiger partial charge on any atom is 0.323 e. The Bertz CT molecular complexity index is 1050. The summed E-state index contributed by atoms with van der Waals surface area (Å²) in [5, 5.41) is 14.6. The Labute approximate surface area is 191 Å². The lowest BCUT2D eigenvalue weighted by Crippen LogP contribution is -2.53. The first-order valence-corrected chi connectivity index (χ1v) is 10.9. The Morgan fingerprint density at radius 2 is 1.79 bits per heavy atom. The van der Waals surface area contributed by atoms with Crippen LogP contribution in [-0.4, -0.2) is 59.8 Å². The van der Waals surface area contributed by atoms with E-state index in [0.717, 1.165) is 5.56 Å². The van der Waals surface area contributed by atoms with Gasteiger partial charge in [-0.15, -0.1) is 0 Å². The highest BCUT2D eigenvalue weighted by atomic mass is 16.5. The first-order chi connectivity index (χ1) is 15.8. The average molecular weight is 453 g/mol. The monoisotopic (exact) mass is 453 g/mol. The number of aliphatic carboxylic acids is 1. The van der Waals surface area contributed by atoms with Crippen LogP contribution in [0.25, 0.3) is 0 Å². The summed E-state index contributed by atoms with van der Waals surface area (Å²) >= 11 is 0. The molecule has 3 amide bonds. The molecule has 0 radical (unpaired) electrons. The second kappa shape index (κ2) is 9.50. The molecule has 4 rings (SSSR count). The number of fused-ring (bicyclic) bond motifs is 2. The number of anilines is 2. The topological polar surface area (TPSA) is 117 Å². The number of urea groups is 1. The number of hydrogen-bond donors (Lipinski definition) is 3. The predicted octanol–water partition coefficient (Wildman–Crippen LogP) is 3.49. The van der Waals surface area contributed by atoms with Gasteiger partial charge in [-0.2, -0.15) is 0 Å². The number of rotatable bonds is 4. The van der Waals surface area contributed by atoms with E-state index in [4.69, 9.17) is 14.6 Å². The number of ether oxygens (including phenoxy) is 2. The van der Waals surface area contributed by atoms with E-state index in [0.29, 0.717) is 35.5 Å². The van der Waals surface area contributed by atoms with Gasteiger partial charge in [-0.1, -0.05) is 17.7 Å². The minimum atomic E-state index is -0.911. The molecule has 2 aromatic rings. The summed E-state index contributed by atoms with van der Waals surface area (Å²) in [7, 11) is 1.71. The molecule has 1 fully saturated rings. The normalized spacial score (nSPS) is 22.2. The second-order valence-electron chi connectivity index (χ2n) is 8.42. The molecule has 2 heterocycles. The van der Waals surface area contributed by atoms with E-state index in [1.807, 2.05) is 31.2 Å². The van der Waals surface area contributed by atoms with Gasteiger partial charge in [0.2, 0.25) is 0 Å². The molecule has 3 atom stereocenters. The van der Waals surface area contributed by atoms with Crippen LogP contribution >= 0.6 is 0 Å². The SMILES string of the molecule is Cc1ccc(NC(=O)Nc2ccc3c(c2)C(=O)N(C)[C@@H]2CC[C@@H](CC(=O)O)O[C@@H]2CO3)cc1. The summed E-state index contributed by atoms with van der Waals surface area (Å²) in [4.78, 5) is 38.3.